The second-order valence-corrected chi connectivity index (χ2v) is 5.18. The van der Waals surface area contributed by atoms with E-state index in [-0.39, 0.29) is 10.6 Å². The van der Waals surface area contributed by atoms with Gasteiger partial charge in [0, 0.05) is 31.3 Å². The number of nitrogens with one attached hydrogen (secondary N) is 1. The summed E-state index contributed by atoms with van der Waals surface area (Å²) in [6.07, 6.45) is 3.87. The fraction of sp³-hybridized carbons (Fsp3) is 0.571. The second-order valence-electron chi connectivity index (χ2n) is 5.18. The molecule has 0 bridgehead atoms. The molecule has 1 aromatic carbocycles. The number of non-ortho nitro benzene ring substituents is 1. The van der Waals surface area contributed by atoms with Gasteiger partial charge < -0.3 is 10.2 Å². The Bertz CT molecular complexity index is 419. The highest BCUT2D eigenvalue weighted by Gasteiger charge is 2.17. The average molecular weight is 263 g/mol. The van der Waals surface area contributed by atoms with Gasteiger partial charge in [-0.1, -0.05) is 18.6 Å². The molecule has 0 saturated carbocycles. The van der Waals surface area contributed by atoms with Crippen LogP contribution >= 0.6 is 0 Å². The van der Waals surface area contributed by atoms with Gasteiger partial charge in [0.2, 0.25) is 0 Å². The maximum Gasteiger partial charge on any atom is 0.269 e. The lowest BCUT2D eigenvalue weighted by Crippen LogP contribution is -2.42. The molecule has 1 aliphatic rings. The van der Waals surface area contributed by atoms with Gasteiger partial charge in [0.05, 0.1) is 4.92 Å². The molecule has 0 amide bonds. The number of hydrogen-bond donors (Lipinski definition) is 1. The lowest BCUT2D eigenvalue weighted by Gasteiger charge is -2.32. The number of nitro benzene ring substituents is 1. The number of rotatable bonds is 5. The van der Waals surface area contributed by atoms with Crippen molar-refractivity contribution in [1.29, 1.82) is 0 Å². The largest absolute Gasteiger partial charge is 0.311 e. The predicted octanol–water partition coefficient (Wildman–Crippen LogP) is 2.17. The maximum atomic E-state index is 10.6. The molecule has 1 N–H and O–H groups in total. The van der Waals surface area contributed by atoms with Crippen molar-refractivity contribution in [3.05, 3.63) is 39.9 Å². The van der Waals surface area contributed by atoms with Gasteiger partial charge in [-0.15, -0.1) is 0 Å². The summed E-state index contributed by atoms with van der Waals surface area (Å²) in [7, 11) is 2.18. The number of hydrogen-bond acceptors (Lipinski definition) is 4. The summed E-state index contributed by atoms with van der Waals surface area (Å²) < 4.78 is 0. The zero-order valence-electron chi connectivity index (χ0n) is 11.3. The van der Waals surface area contributed by atoms with E-state index in [2.05, 4.69) is 17.3 Å². The Hall–Kier alpha value is -1.46. The Morgan fingerprint density at radius 3 is 2.74 bits per heavy atom. The second kappa shape index (κ2) is 6.63. The van der Waals surface area contributed by atoms with E-state index in [4.69, 9.17) is 0 Å². The van der Waals surface area contributed by atoms with Gasteiger partial charge in [0.1, 0.15) is 0 Å². The smallest absolute Gasteiger partial charge is 0.269 e. The van der Waals surface area contributed by atoms with Gasteiger partial charge in [0.15, 0.2) is 0 Å². The molecular formula is C14H21N3O2. The number of benzene rings is 1. The van der Waals surface area contributed by atoms with Gasteiger partial charge in [-0.3, -0.25) is 10.1 Å². The van der Waals surface area contributed by atoms with Crippen molar-refractivity contribution in [3.63, 3.8) is 0 Å². The third-order valence-electron chi connectivity index (χ3n) is 3.78. The molecule has 5 nitrogen and oxygen atoms in total. The number of nitrogens with zero attached hydrogens (tertiary/aromatic N) is 2. The number of nitro groups is 1. The van der Waals surface area contributed by atoms with Crippen LogP contribution in [0.4, 0.5) is 5.69 Å². The fourth-order valence-corrected chi connectivity index (χ4v) is 2.52. The molecule has 1 heterocycles. The van der Waals surface area contributed by atoms with Crippen LogP contribution in [-0.2, 0) is 6.54 Å². The van der Waals surface area contributed by atoms with Gasteiger partial charge in [0.25, 0.3) is 5.69 Å². The zero-order chi connectivity index (χ0) is 13.7. The molecule has 1 aromatic rings. The Morgan fingerprint density at radius 1 is 1.37 bits per heavy atom. The van der Waals surface area contributed by atoms with Crippen LogP contribution in [0.25, 0.3) is 0 Å². The first-order chi connectivity index (χ1) is 9.16. The minimum atomic E-state index is -0.367. The summed E-state index contributed by atoms with van der Waals surface area (Å²) in [5.41, 5.74) is 1.24. The summed E-state index contributed by atoms with van der Waals surface area (Å²) in [5.74, 6) is 0. The Balaban J connectivity index is 1.77. The van der Waals surface area contributed by atoms with Crippen LogP contribution in [0.5, 0.6) is 0 Å². The topological polar surface area (TPSA) is 58.4 Å². The van der Waals surface area contributed by atoms with Crippen LogP contribution in [0.1, 0.15) is 24.8 Å². The number of likely N-dealkylation sites (tertiary alicyclic amines) is 1. The Kier molecular flexibility index (Phi) is 4.87. The highest BCUT2D eigenvalue weighted by molar-refractivity contribution is 5.32. The molecule has 19 heavy (non-hydrogen) atoms. The third kappa shape index (κ3) is 4.01. The SMILES string of the molecule is CN1CCCCC1CNCc1ccc([N+](=O)[O-])cc1. The average Bonchev–Trinajstić information content (AvgIpc) is 2.41. The first kappa shape index (κ1) is 14.0. The molecule has 1 atom stereocenters. The van der Waals surface area contributed by atoms with E-state index in [0.29, 0.717) is 6.04 Å². The molecule has 0 spiro atoms. The summed E-state index contributed by atoms with van der Waals surface area (Å²) >= 11 is 0. The van der Waals surface area contributed by atoms with Crippen molar-refractivity contribution in [2.24, 2.45) is 0 Å². The van der Waals surface area contributed by atoms with E-state index in [9.17, 15) is 10.1 Å². The monoisotopic (exact) mass is 263 g/mol. The fourth-order valence-electron chi connectivity index (χ4n) is 2.52. The quantitative estimate of drug-likeness (QED) is 0.653. The minimum Gasteiger partial charge on any atom is -0.311 e. The predicted molar refractivity (Wildman–Crippen MR) is 75.1 cm³/mol. The molecule has 0 radical (unpaired) electrons. The van der Waals surface area contributed by atoms with Crippen molar-refractivity contribution in [2.45, 2.75) is 31.8 Å². The van der Waals surface area contributed by atoms with Crippen LogP contribution < -0.4 is 5.32 Å². The van der Waals surface area contributed by atoms with Crippen molar-refractivity contribution in [3.8, 4) is 0 Å². The maximum absolute atomic E-state index is 10.6. The van der Waals surface area contributed by atoms with E-state index in [1.165, 1.54) is 25.8 Å². The van der Waals surface area contributed by atoms with Crippen LogP contribution in [-0.4, -0.2) is 36.0 Å². The van der Waals surface area contributed by atoms with E-state index in [1.807, 2.05) is 12.1 Å². The molecule has 0 aromatic heterocycles. The van der Waals surface area contributed by atoms with Gasteiger partial charge in [-0.25, -0.2) is 0 Å². The van der Waals surface area contributed by atoms with Crippen LogP contribution in [0, 0.1) is 10.1 Å². The summed E-state index contributed by atoms with van der Waals surface area (Å²) in [5, 5.41) is 14.0. The lowest BCUT2D eigenvalue weighted by atomic mass is 10.0. The standard InChI is InChI=1S/C14H21N3O2/c1-16-9-3-2-4-14(16)11-15-10-12-5-7-13(8-6-12)17(18)19/h5-8,14-15H,2-4,9-11H2,1H3. The Labute approximate surface area is 113 Å². The first-order valence-corrected chi connectivity index (χ1v) is 6.81. The highest BCUT2D eigenvalue weighted by Crippen LogP contribution is 2.15. The van der Waals surface area contributed by atoms with E-state index in [0.717, 1.165) is 18.7 Å². The Morgan fingerprint density at radius 2 is 2.11 bits per heavy atom. The van der Waals surface area contributed by atoms with E-state index in [1.54, 1.807) is 12.1 Å². The molecular weight excluding hydrogens is 242 g/mol. The molecule has 0 aliphatic carbocycles. The van der Waals surface area contributed by atoms with Crippen LogP contribution in [0.3, 0.4) is 0 Å². The first-order valence-electron chi connectivity index (χ1n) is 6.81. The normalized spacial score (nSPS) is 20.4. The molecule has 2 rings (SSSR count). The molecule has 1 saturated heterocycles. The molecule has 1 aliphatic heterocycles. The van der Waals surface area contributed by atoms with Crippen LogP contribution in [0.2, 0.25) is 0 Å². The van der Waals surface area contributed by atoms with E-state index >= 15 is 0 Å². The van der Waals surface area contributed by atoms with E-state index < -0.39 is 0 Å². The molecule has 1 unspecified atom stereocenters. The van der Waals surface area contributed by atoms with Crippen LogP contribution in [0.15, 0.2) is 24.3 Å². The van der Waals surface area contributed by atoms with Crippen molar-refractivity contribution in [2.75, 3.05) is 20.1 Å². The van der Waals surface area contributed by atoms with Crippen molar-refractivity contribution in [1.82, 2.24) is 10.2 Å². The van der Waals surface area contributed by atoms with Gasteiger partial charge in [-0.05, 0) is 32.0 Å². The molecule has 5 heteroatoms. The minimum absolute atomic E-state index is 0.149. The van der Waals surface area contributed by atoms with Crippen molar-refractivity contribution < 1.29 is 4.92 Å². The lowest BCUT2D eigenvalue weighted by molar-refractivity contribution is -0.384. The number of piperidine rings is 1. The zero-order valence-corrected chi connectivity index (χ0v) is 11.3. The third-order valence-corrected chi connectivity index (χ3v) is 3.78. The summed E-state index contributed by atoms with van der Waals surface area (Å²) in [4.78, 5) is 12.6. The molecule has 1 fully saturated rings. The molecule has 104 valence electrons. The number of likely N-dealkylation sites (N-methyl/N-ethyl adjacent to an activating group) is 1. The van der Waals surface area contributed by atoms with Gasteiger partial charge >= 0.3 is 0 Å². The highest BCUT2D eigenvalue weighted by atomic mass is 16.6. The summed E-state index contributed by atoms with van der Waals surface area (Å²) in [6.45, 7) is 2.93. The van der Waals surface area contributed by atoms with Crippen molar-refractivity contribution >= 4 is 5.69 Å². The summed E-state index contributed by atoms with van der Waals surface area (Å²) in [6, 6.07) is 7.37. The van der Waals surface area contributed by atoms with Gasteiger partial charge in [-0.2, -0.15) is 0 Å².